The number of non-ortho nitro benzene ring substituents is 1. The smallest absolute Gasteiger partial charge is 0.269 e. The first-order valence-corrected chi connectivity index (χ1v) is 12.9. The Hall–Kier alpha value is -5.01. The fourth-order valence-electron chi connectivity index (χ4n) is 5.19. The summed E-state index contributed by atoms with van der Waals surface area (Å²) in [5.41, 5.74) is 4.82. The van der Waals surface area contributed by atoms with Crippen molar-refractivity contribution in [3.8, 4) is 33.9 Å². The van der Waals surface area contributed by atoms with Crippen LogP contribution in [0.25, 0.3) is 49.6 Å². The monoisotopic (exact) mass is 514 g/mol. The van der Waals surface area contributed by atoms with Crippen molar-refractivity contribution in [3.63, 3.8) is 0 Å². The van der Waals surface area contributed by atoms with Gasteiger partial charge in [0.15, 0.2) is 5.75 Å². The van der Waals surface area contributed by atoms with Gasteiger partial charge in [-0.25, -0.2) is 0 Å². The van der Waals surface area contributed by atoms with Crippen LogP contribution in [0.3, 0.4) is 0 Å². The second-order valence-electron chi connectivity index (χ2n) is 9.01. The number of benzene rings is 4. The predicted molar refractivity (Wildman–Crippen MR) is 152 cm³/mol. The molecule has 0 bridgehead atoms. The van der Waals surface area contributed by atoms with E-state index in [-0.39, 0.29) is 16.9 Å². The molecule has 0 unspecified atom stereocenters. The molecule has 3 heterocycles. The molecule has 6 nitrogen and oxygen atoms in total. The molecule has 0 aliphatic carbocycles. The minimum atomic E-state index is -0.409. The van der Waals surface area contributed by atoms with Crippen LogP contribution in [0.2, 0.25) is 0 Å². The maximum Gasteiger partial charge on any atom is 0.269 e. The third-order valence-electron chi connectivity index (χ3n) is 6.80. The minimum absolute atomic E-state index is 0.0121. The Morgan fingerprint density at radius 3 is 2.32 bits per heavy atom. The number of pyridine rings is 1. The number of hydrogen-bond donors (Lipinski definition) is 0. The quantitative estimate of drug-likeness (QED) is 0.132. The summed E-state index contributed by atoms with van der Waals surface area (Å²) in [6, 6.07) is 29.7. The van der Waals surface area contributed by atoms with Gasteiger partial charge < -0.3 is 9.14 Å². The average Bonchev–Trinajstić information content (AvgIpc) is 3.59. The van der Waals surface area contributed by atoms with E-state index >= 15 is 0 Å². The van der Waals surface area contributed by atoms with Crippen LogP contribution in [0, 0.1) is 10.1 Å². The molecule has 0 fully saturated rings. The SMILES string of the molecule is O=c1c(Oc2ccccc2)cc2cc3ccccc3n3c(-c4ccc([N+](=O)[O-])cc4)c(-c4ccsc4)c1c23. The van der Waals surface area contributed by atoms with Crippen LogP contribution in [0.4, 0.5) is 5.69 Å². The third-order valence-corrected chi connectivity index (χ3v) is 7.49. The fourth-order valence-corrected chi connectivity index (χ4v) is 5.84. The van der Waals surface area contributed by atoms with E-state index in [0.717, 1.165) is 44.2 Å². The Balaban J connectivity index is 1.66. The number of thiophene rings is 1. The Morgan fingerprint density at radius 2 is 1.58 bits per heavy atom. The van der Waals surface area contributed by atoms with Gasteiger partial charge in [-0.2, -0.15) is 11.3 Å². The van der Waals surface area contributed by atoms with E-state index in [0.29, 0.717) is 11.1 Å². The molecule has 0 N–H and O–H groups in total. The zero-order chi connectivity index (χ0) is 25.8. The molecular formula is C31H18N2O4S. The molecule has 0 atom stereocenters. The van der Waals surface area contributed by atoms with Gasteiger partial charge in [0.2, 0.25) is 5.43 Å². The van der Waals surface area contributed by atoms with Crippen molar-refractivity contribution in [1.82, 2.24) is 4.40 Å². The number of rotatable bonds is 5. The second kappa shape index (κ2) is 8.54. The van der Waals surface area contributed by atoms with Crippen molar-refractivity contribution >= 4 is 44.2 Å². The lowest BCUT2D eigenvalue weighted by atomic mass is 9.99. The highest BCUT2D eigenvalue weighted by atomic mass is 32.1. The highest BCUT2D eigenvalue weighted by molar-refractivity contribution is 7.08. The van der Waals surface area contributed by atoms with E-state index in [2.05, 4.69) is 10.5 Å². The largest absolute Gasteiger partial charge is 0.453 e. The van der Waals surface area contributed by atoms with E-state index in [4.69, 9.17) is 4.74 Å². The van der Waals surface area contributed by atoms with Gasteiger partial charge in [0.1, 0.15) is 5.75 Å². The van der Waals surface area contributed by atoms with Crippen LogP contribution in [-0.2, 0) is 0 Å². The normalized spacial score (nSPS) is 11.5. The summed E-state index contributed by atoms with van der Waals surface area (Å²) in [6.45, 7) is 0. The summed E-state index contributed by atoms with van der Waals surface area (Å²) in [7, 11) is 0. The highest BCUT2D eigenvalue weighted by Gasteiger charge is 2.26. The van der Waals surface area contributed by atoms with Crippen molar-refractivity contribution in [2.75, 3.05) is 0 Å². The minimum Gasteiger partial charge on any atom is -0.453 e. The van der Waals surface area contributed by atoms with Gasteiger partial charge in [-0.05, 0) is 75.8 Å². The van der Waals surface area contributed by atoms with Gasteiger partial charge in [-0.1, -0.05) is 36.4 Å². The summed E-state index contributed by atoms with van der Waals surface area (Å²) in [4.78, 5) is 25.1. The highest BCUT2D eigenvalue weighted by Crippen LogP contribution is 2.44. The first kappa shape index (κ1) is 22.2. The van der Waals surface area contributed by atoms with Gasteiger partial charge in [0.25, 0.3) is 5.69 Å². The van der Waals surface area contributed by atoms with E-state index in [1.807, 2.05) is 71.4 Å². The number of fused-ring (bicyclic) bond motifs is 2. The predicted octanol–water partition coefficient (Wildman–Crippen LogP) is 8.14. The number of hydrogen-bond acceptors (Lipinski definition) is 5. The molecule has 0 amide bonds. The number of aromatic nitrogens is 1. The summed E-state index contributed by atoms with van der Waals surface area (Å²) >= 11 is 1.55. The van der Waals surface area contributed by atoms with Crippen molar-refractivity contribution in [1.29, 1.82) is 0 Å². The van der Waals surface area contributed by atoms with Gasteiger partial charge in [0, 0.05) is 23.1 Å². The zero-order valence-electron chi connectivity index (χ0n) is 19.8. The van der Waals surface area contributed by atoms with E-state index < -0.39 is 4.92 Å². The summed E-state index contributed by atoms with van der Waals surface area (Å²) < 4.78 is 8.24. The van der Waals surface area contributed by atoms with Crippen LogP contribution in [0.5, 0.6) is 11.5 Å². The van der Waals surface area contributed by atoms with Crippen LogP contribution in [-0.4, -0.2) is 9.32 Å². The zero-order valence-corrected chi connectivity index (χ0v) is 20.6. The number of para-hydroxylation sites is 2. The van der Waals surface area contributed by atoms with Gasteiger partial charge in [-0.3, -0.25) is 14.9 Å². The molecule has 7 rings (SSSR count). The third kappa shape index (κ3) is 3.37. The van der Waals surface area contributed by atoms with Crippen LogP contribution in [0.1, 0.15) is 0 Å². The molecule has 0 saturated heterocycles. The molecule has 0 aliphatic rings. The molecule has 0 saturated carbocycles. The molecule has 3 aromatic heterocycles. The van der Waals surface area contributed by atoms with Crippen LogP contribution >= 0.6 is 11.3 Å². The Bertz CT molecular complexity index is 2030. The maximum absolute atomic E-state index is 14.2. The number of nitro benzene ring substituents is 1. The summed E-state index contributed by atoms with van der Waals surface area (Å²) in [5.74, 6) is 0.831. The summed E-state index contributed by atoms with van der Waals surface area (Å²) in [6.07, 6.45) is 0. The van der Waals surface area contributed by atoms with Crippen molar-refractivity contribution in [3.05, 3.63) is 128 Å². The van der Waals surface area contributed by atoms with E-state index in [1.54, 1.807) is 29.5 Å². The molecule has 7 heteroatoms. The van der Waals surface area contributed by atoms with Crippen molar-refractivity contribution in [2.45, 2.75) is 0 Å². The number of ether oxygens (including phenoxy) is 1. The van der Waals surface area contributed by atoms with Gasteiger partial charge in [-0.15, -0.1) is 0 Å². The number of nitro groups is 1. The van der Waals surface area contributed by atoms with Crippen molar-refractivity contribution in [2.24, 2.45) is 0 Å². The molecule has 0 spiro atoms. The molecule has 4 aromatic carbocycles. The Morgan fingerprint density at radius 1 is 0.816 bits per heavy atom. The molecule has 38 heavy (non-hydrogen) atoms. The van der Waals surface area contributed by atoms with Crippen LogP contribution in [0.15, 0.2) is 113 Å². The Labute approximate surface area is 220 Å². The fraction of sp³-hybridized carbons (Fsp3) is 0. The second-order valence-corrected chi connectivity index (χ2v) is 9.79. The first-order chi connectivity index (χ1) is 18.6. The standard InChI is InChI=1S/C31H18N2O4S/c34-31-26(37-24-7-2-1-3-8-24)17-22-16-20-6-4-5-9-25(20)32-29(19-10-12-23(13-11-19)33(35)36)27(28(31)30(22)32)21-14-15-38-18-21/h1-18H. The summed E-state index contributed by atoms with van der Waals surface area (Å²) in [5, 5.41) is 17.8. The molecule has 0 aliphatic heterocycles. The molecule has 7 aromatic rings. The van der Waals surface area contributed by atoms with Crippen LogP contribution < -0.4 is 10.2 Å². The lowest BCUT2D eigenvalue weighted by molar-refractivity contribution is -0.384. The lowest BCUT2D eigenvalue weighted by Crippen LogP contribution is -2.06. The topological polar surface area (TPSA) is 73.8 Å². The molecule has 0 radical (unpaired) electrons. The first-order valence-electron chi connectivity index (χ1n) is 12.0. The Kier molecular flexibility index (Phi) is 4.99. The molecular weight excluding hydrogens is 496 g/mol. The number of nitrogens with zero attached hydrogens (tertiary/aromatic N) is 2. The average molecular weight is 515 g/mol. The maximum atomic E-state index is 14.2. The molecule has 182 valence electrons. The van der Waals surface area contributed by atoms with Gasteiger partial charge >= 0.3 is 0 Å². The lowest BCUT2D eigenvalue weighted by Gasteiger charge is -2.11. The van der Waals surface area contributed by atoms with Gasteiger partial charge in [0.05, 0.1) is 27.0 Å². The van der Waals surface area contributed by atoms with Crippen molar-refractivity contribution < 1.29 is 9.66 Å². The van der Waals surface area contributed by atoms with E-state index in [1.165, 1.54) is 12.1 Å². The van der Waals surface area contributed by atoms with E-state index in [9.17, 15) is 14.9 Å².